The van der Waals surface area contributed by atoms with Gasteiger partial charge < -0.3 is 0 Å². The molecule has 114 valence electrons. The quantitative estimate of drug-likeness (QED) is 0.639. The van der Waals surface area contributed by atoms with Crippen LogP contribution < -0.4 is 11.3 Å². The minimum absolute atomic E-state index is 0.103. The first-order valence-electron chi connectivity index (χ1n) is 6.85. The third-order valence-electron chi connectivity index (χ3n) is 3.99. The minimum atomic E-state index is -3.08. The number of thiophene rings is 1. The molecule has 0 amide bonds. The smallest absolute Gasteiger partial charge is 0.211 e. The SMILES string of the molecule is Cc1cscc1C(CC1CCCN(S(C)(=O)=O)C1)NN. The zero-order valence-electron chi connectivity index (χ0n) is 12.0. The molecule has 1 aromatic heterocycles. The number of nitrogens with zero attached hydrogens (tertiary/aromatic N) is 1. The summed E-state index contributed by atoms with van der Waals surface area (Å²) in [6.45, 7) is 3.34. The van der Waals surface area contributed by atoms with Crippen molar-refractivity contribution < 1.29 is 8.42 Å². The van der Waals surface area contributed by atoms with Crippen molar-refractivity contribution >= 4 is 21.4 Å². The second kappa shape index (κ2) is 6.53. The van der Waals surface area contributed by atoms with Gasteiger partial charge in [-0.3, -0.25) is 11.3 Å². The molecular formula is C13H23N3O2S2. The van der Waals surface area contributed by atoms with Gasteiger partial charge in [0.25, 0.3) is 0 Å². The summed E-state index contributed by atoms with van der Waals surface area (Å²) in [5, 5.41) is 4.24. The van der Waals surface area contributed by atoms with E-state index < -0.39 is 10.0 Å². The first-order chi connectivity index (χ1) is 9.41. The number of hydrazine groups is 1. The molecule has 1 fully saturated rings. The van der Waals surface area contributed by atoms with E-state index in [4.69, 9.17) is 5.84 Å². The number of nitrogens with one attached hydrogen (secondary N) is 1. The highest BCUT2D eigenvalue weighted by Gasteiger charge is 2.28. The highest BCUT2D eigenvalue weighted by atomic mass is 32.2. The number of nitrogens with two attached hydrogens (primary N) is 1. The number of aryl methyl sites for hydroxylation is 1. The van der Waals surface area contributed by atoms with E-state index in [9.17, 15) is 8.42 Å². The Balaban J connectivity index is 2.03. The molecule has 0 bridgehead atoms. The molecule has 1 aromatic rings. The van der Waals surface area contributed by atoms with E-state index in [1.54, 1.807) is 15.6 Å². The normalized spacial score (nSPS) is 22.9. The first-order valence-corrected chi connectivity index (χ1v) is 9.65. The maximum absolute atomic E-state index is 11.7. The molecule has 1 saturated heterocycles. The lowest BCUT2D eigenvalue weighted by molar-refractivity contribution is 0.238. The molecule has 7 heteroatoms. The van der Waals surface area contributed by atoms with Crippen molar-refractivity contribution in [2.24, 2.45) is 11.8 Å². The average Bonchev–Trinajstić information content (AvgIpc) is 2.81. The highest BCUT2D eigenvalue weighted by molar-refractivity contribution is 7.88. The fourth-order valence-electron chi connectivity index (χ4n) is 2.87. The van der Waals surface area contributed by atoms with E-state index in [-0.39, 0.29) is 6.04 Å². The number of hydrogen-bond acceptors (Lipinski definition) is 5. The van der Waals surface area contributed by atoms with Gasteiger partial charge in [-0.05, 0) is 54.0 Å². The molecule has 20 heavy (non-hydrogen) atoms. The maximum atomic E-state index is 11.7. The average molecular weight is 317 g/mol. The summed E-state index contributed by atoms with van der Waals surface area (Å²) in [5.41, 5.74) is 5.36. The number of rotatable bonds is 5. The standard InChI is InChI=1S/C13H23N3O2S2/c1-10-8-19-9-12(10)13(15-14)6-11-4-3-5-16(7-11)20(2,17)18/h8-9,11,13,15H,3-7,14H2,1-2H3. The molecule has 2 rings (SSSR count). The monoisotopic (exact) mass is 317 g/mol. The summed E-state index contributed by atoms with van der Waals surface area (Å²) in [5.74, 6) is 6.05. The van der Waals surface area contributed by atoms with E-state index in [2.05, 4.69) is 23.1 Å². The fraction of sp³-hybridized carbons (Fsp3) is 0.692. The van der Waals surface area contributed by atoms with Gasteiger partial charge in [0.05, 0.1) is 6.26 Å². The van der Waals surface area contributed by atoms with Gasteiger partial charge in [0.15, 0.2) is 0 Å². The van der Waals surface area contributed by atoms with Crippen LogP contribution in [0.1, 0.15) is 36.4 Å². The van der Waals surface area contributed by atoms with Gasteiger partial charge in [-0.1, -0.05) is 0 Å². The lowest BCUT2D eigenvalue weighted by Crippen LogP contribution is -2.41. The predicted octanol–water partition coefficient (Wildman–Crippen LogP) is 1.62. The molecule has 2 heterocycles. The Labute approximate surface area is 125 Å². The van der Waals surface area contributed by atoms with E-state index in [0.717, 1.165) is 19.3 Å². The third-order valence-corrected chi connectivity index (χ3v) is 6.14. The number of sulfonamides is 1. The van der Waals surface area contributed by atoms with Crippen molar-refractivity contribution in [2.75, 3.05) is 19.3 Å². The molecule has 1 aliphatic rings. The van der Waals surface area contributed by atoms with Gasteiger partial charge in [-0.25, -0.2) is 12.7 Å². The summed E-state index contributed by atoms with van der Waals surface area (Å²) >= 11 is 1.67. The number of piperidine rings is 1. The van der Waals surface area contributed by atoms with Crippen molar-refractivity contribution in [2.45, 2.75) is 32.2 Å². The van der Waals surface area contributed by atoms with Gasteiger partial charge in [0, 0.05) is 19.1 Å². The van der Waals surface area contributed by atoms with Gasteiger partial charge in [0.2, 0.25) is 10.0 Å². The largest absolute Gasteiger partial charge is 0.271 e. The molecule has 2 unspecified atom stereocenters. The van der Waals surface area contributed by atoms with E-state index in [1.165, 1.54) is 17.4 Å². The van der Waals surface area contributed by atoms with Crippen LogP contribution in [-0.4, -0.2) is 32.1 Å². The van der Waals surface area contributed by atoms with Crippen LogP contribution in [0.25, 0.3) is 0 Å². The van der Waals surface area contributed by atoms with Crippen molar-refractivity contribution in [3.63, 3.8) is 0 Å². The zero-order chi connectivity index (χ0) is 14.8. The fourth-order valence-corrected chi connectivity index (χ4v) is 4.71. The summed E-state index contributed by atoms with van der Waals surface area (Å²) in [6, 6.07) is 0.103. The Morgan fingerprint density at radius 2 is 2.30 bits per heavy atom. The topological polar surface area (TPSA) is 75.4 Å². The lowest BCUT2D eigenvalue weighted by Gasteiger charge is -2.33. The molecule has 0 saturated carbocycles. The van der Waals surface area contributed by atoms with Crippen LogP contribution in [0.4, 0.5) is 0 Å². The van der Waals surface area contributed by atoms with Crippen molar-refractivity contribution in [3.05, 3.63) is 21.9 Å². The molecule has 1 aliphatic heterocycles. The Morgan fingerprint density at radius 3 is 2.85 bits per heavy atom. The molecule has 0 aromatic carbocycles. The van der Waals surface area contributed by atoms with E-state index >= 15 is 0 Å². The first kappa shape index (κ1) is 15.9. The third kappa shape index (κ3) is 3.79. The highest BCUT2D eigenvalue weighted by Crippen LogP contribution is 2.30. The minimum Gasteiger partial charge on any atom is -0.271 e. The molecule has 3 N–H and O–H groups in total. The molecular weight excluding hydrogens is 294 g/mol. The van der Waals surface area contributed by atoms with Crippen LogP contribution >= 0.6 is 11.3 Å². The molecule has 2 atom stereocenters. The van der Waals surface area contributed by atoms with Crippen LogP contribution in [0.5, 0.6) is 0 Å². The van der Waals surface area contributed by atoms with Gasteiger partial charge in [-0.2, -0.15) is 11.3 Å². The van der Waals surface area contributed by atoms with Crippen LogP contribution in [0, 0.1) is 12.8 Å². The summed E-state index contributed by atoms with van der Waals surface area (Å²) in [4.78, 5) is 0. The van der Waals surface area contributed by atoms with Crippen LogP contribution in [0.3, 0.4) is 0 Å². The van der Waals surface area contributed by atoms with Crippen LogP contribution in [0.2, 0.25) is 0 Å². The van der Waals surface area contributed by atoms with E-state index in [1.807, 2.05) is 0 Å². The molecule has 0 radical (unpaired) electrons. The van der Waals surface area contributed by atoms with Gasteiger partial charge >= 0.3 is 0 Å². The van der Waals surface area contributed by atoms with Crippen LogP contribution in [-0.2, 0) is 10.0 Å². The van der Waals surface area contributed by atoms with Crippen LogP contribution in [0.15, 0.2) is 10.8 Å². The summed E-state index contributed by atoms with van der Waals surface area (Å²) in [6.07, 6.45) is 4.15. The van der Waals surface area contributed by atoms with Crippen molar-refractivity contribution in [1.82, 2.24) is 9.73 Å². The molecule has 5 nitrogen and oxygen atoms in total. The zero-order valence-corrected chi connectivity index (χ0v) is 13.6. The Hall–Kier alpha value is -0.470. The Kier molecular flexibility index (Phi) is 5.19. The second-order valence-electron chi connectivity index (χ2n) is 5.59. The molecule has 0 aliphatic carbocycles. The van der Waals surface area contributed by atoms with Gasteiger partial charge in [0.1, 0.15) is 0 Å². The van der Waals surface area contributed by atoms with E-state index in [0.29, 0.717) is 19.0 Å². The predicted molar refractivity (Wildman–Crippen MR) is 82.9 cm³/mol. The second-order valence-corrected chi connectivity index (χ2v) is 8.32. The number of hydrogen-bond donors (Lipinski definition) is 2. The van der Waals surface area contributed by atoms with Crippen molar-refractivity contribution in [1.29, 1.82) is 0 Å². The Bertz CT molecular complexity index is 542. The summed E-state index contributed by atoms with van der Waals surface area (Å²) in [7, 11) is -3.08. The Morgan fingerprint density at radius 1 is 1.55 bits per heavy atom. The summed E-state index contributed by atoms with van der Waals surface area (Å²) < 4.78 is 24.9. The lowest BCUT2D eigenvalue weighted by atomic mass is 9.89. The maximum Gasteiger partial charge on any atom is 0.211 e. The molecule has 0 spiro atoms. The van der Waals surface area contributed by atoms with Crippen molar-refractivity contribution in [3.8, 4) is 0 Å². The van der Waals surface area contributed by atoms with Gasteiger partial charge in [-0.15, -0.1) is 0 Å².